The summed E-state index contributed by atoms with van der Waals surface area (Å²) in [6.45, 7) is 3.62. The second-order valence-electron chi connectivity index (χ2n) is 5.90. The summed E-state index contributed by atoms with van der Waals surface area (Å²) in [7, 11) is 1.51. The predicted molar refractivity (Wildman–Crippen MR) is 102 cm³/mol. The quantitative estimate of drug-likeness (QED) is 0.808. The fraction of sp³-hybridized carbons (Fsp3) is 0.263. The van der Waals surface area contributed by atoms with E-state index in [1.807, 2.05) is 18.4 Å². The molecule has 1 unspecified atom stereocenters. The van der Waals surface area contributed by atoms with Crippen molar-refractivity contribution in [3.8, 4) is 5.75 Å². The first-order valence-electron chi connectivity index (χ1n) is 8.08. The van der Waals surface area contributed by atoms with Crippen molar-refractivity contribution in [2.45, 2.75) is 26.3 Å². The van der Waals surface area contributed by atoms with E-state index in [0.717, 1.165) is 10.4 Å². The van der Waals surface area contributed by atoms with Crippen LogP contribution in [0.2, 0.25) is 5.02 Å². The van der Waals surface area contributed by atoms with Crippen LogP contribution in [0, 0.1) is 6.92 Å². The number of amides is 1. The highest BCUT2D eigenvalue weighted by Crippen LogP contribution is 2.45. The average molecular weight is 392 g/mol. The van der Waals surface area contributed by atoms with Gasteiger partial charge in [-0.2, -0.15) is 0 Å². The Bertz CT molecular complexity index is 918. The summed E-state index contributed by atoms with van der Waals surface area (Å²) in [5.41, 5.74) is 1.58. The average Bonchev–Trinajstić information content (AvgIpc) is 3.15. The zero-order valence-electron chi connectivity index (χ0n) is 14.6. The first-order chi connectivity index (χ1) is 12.4. The molecular weight excluding hydrogens is 374 g/mol. The Kier molecular flexibility index (Phi) is 5.07. The number of aliphatic hydroxyl groups is 1. The Balaban J connectivity index is 2.18. The smallest absolute Gasteiger partial charge is 0.294 e. The molecule has 1 amide bonds. The second kappa shape index (κ2) is 7.13. The molecule has 1 aromatic carbocycles. The first-order valence-corrected chi connectivity index (χ1v) is 9.33. The van der Waals surface area contributed by atoms with Crippen molar-refractivity contribution >= 4 is 40.3 Å². The van der Waals surface area contributed by atoms with E-state index in [4.69, 9.17) is 16.3 Å². The minimum atomic E-state index is -0.667. The normalized spacial score (nSPS) is 17.2. The number of hydrogen-bond acceptors (Lipinski definition) is 5. The van der Waals surface area contributed by atoms with E-state index in [1.54, 1.807) is 25.1 Å². The molecule has 0 bridgehead atoms. The van der Waals surface area contributed by atoms with Crippen molar-refractivity contribution in [2.75, 3.05) is 12.0 Å². The standard InChI is InChI=1S/C19H18ClNO4S/c1-4-13(22)15-16(18-10(2)7-8-26-18)21(19(24)17(15)23)11-5-6-14(25-3)12(20)9-11/h5-9,16,23H,4H2,1-3H3. The minimum Gasteiger partial charge on any atom is -0.503 e. The molecule has 0 radical (unpaired) electrons. The van der Waals surface area contributed by atoms with Crippen LogP contribution in [0.15, 0.2) is 41.0 Å². The first kappa shape index (κ1) is 18.5. The molecule has 0 spiro atoms. The van der Waals surface area contributed by atoms with Crippen LogP contribution in [0.25, 0.3) is 0 Å². The lowest BCUT2D eigenvalue weighted by Crippen LogP contribution is -2.30. The third-order valence-corrected chi connectivity index (χ3v) is 5.76. The third-order valence-electron chi connectivity index (χ3n) is 4.39. The van der Waals surface area contributed by atoms with Crippen molar-refractivity contribution in [1.29, 1.82) is 0 Å². The number of carbonyl (C=O) groups excluding carboxylic acids is 2. The van der Waals surface area contributed by atoms with Crippen molar-refractivity contribution in [3.05, 3.63) is 56.4 Å². The molecule has 136 valence electrons. The van der Waals surface area contributed by atoms with Gasteiger partial charge in [-0.25, -0.2) is 0 Å². The van der Waals surface area contributed by atoms with Crippen LogP contribution >= 0.6 is 22.9 Å². The van der Waals surface area contributed by atoms with Gasteiger partial charge in [0.15, 0.2) is 11.5 Å². The molecule has 1 atom stereocenters. The third kappa shape index (κ3) is 2.89. The fourth-order valence-electron chi connectivity index (χ4n) is 3.06. The maximum Gasteiger partial charge on any atom is 0.294 e. The van der Waals surface area contributed by atoms with Crippen LogP contribution in [-0.2, 0) is 9.59 Å². The SMILES string of the molecule is CCC(=O)C1=C(O)C(=O)N(c2ccc(OC)c(Cl)c2)C1c1sccc1C. The number of ketones is 1. The number of methoxy groups -OCH3 is 1. The minimum absolute atomic E-state index is 0.134. The van der Waals surface area contributed by atoms with Gasteiger partial charge in [0.05, 0.1) is 17.7 Å². The van der Waals surface area contributed by atoms with E-state index < -0.39 is 17.7 Å². The zero-order valence-corrected chi connectivity index (χ0v) is 16.1. The number of carbonyl (C=O) groups is 2. The van der Waals surface area contributed by atoms with Gasteiger partial charge in [0.25, 0.3) is 5.91 Å². The maximum absolute atomic E-state index is 12.8. The number of rotatable bonds is 5. The van der Waals surface area contributed by atoms with Crippen LogP contribution in [0.5, 0.6) is 5.75 Å². The van der Waals surface area contributed by atoms with Gasteiger partial charge in [0, 0.05) is 17.0 Å². The molecule has 1 N–H and O–H groups in total. The van der Waals surface area contributed by atoms with Gasteiger partial charge in [-0.1, -0.05) is 18.5 Å². The van der Waals surface area contributed by atoms with Crippen LogP contribution in [0.1, 0.15) is 29.8 Å². The molecule has 26 heavy (non-hydrogen) atoms. The lowest BCUT2D eigenvalue weighted by molar-refractivity contribution is -0.118. The van der Waals surface area contributed by atoms with Gasteiger partial charge in [0.2, 0.25) is 0 Å². The Morgan fingerprint density at radius 1 is 1.38 bits per heavy atom. The molecule has 3 rings (SSSR count). The highest BCUT2D eigenvalue weighted by molar-refractivity contribution is 7.10. The highest BCUT2D eigenvalue weighted by Gasteiger charge is 2.45. The van der Waals surface area contributed by atoms with E-state index in [0.29, 0.717) is 16.5 Å². The summed E-state index contributed by atoms with van der Waals surface area (Å²) in [5.74, 6) is -0.883. The molecule has 0 aliphatic carbocycles. The number of nitrogens with zero attached hydrogens (tertiary/aromatic N) is 1. The molecule has 1 aliphatic rings. The van der Waals surface area contributed by atoms with E-state index in [9.17, 15) is 14.7 Å². The zero-order chi connectivity index (χ0) is 19.0. The van der Waals surface area contributed by atoms with E-state index in [-0.39, 0.29) is 17.8 Å². The molecule has 7 heteroatoms. The molecule has 0 fully saturated rings. The van der Waals surface area contributed by atoms with Crippen LogP contribution in [0.4, 0.5) is 5.69 Å². The molecule has 0 saturated carbocycles. The van der Waals surface area contributed by atoms with Gasteiger partial charge < -0.3 is 9.84 Å². The Morgan fingerprint density at radius 3 is 2.65 bits per heavy atom. The lowest BCUT2D eigenvalue weighted by Gasteiger charge is -2.26. The number of halogens is 1. The van der Waals surface area contributed by atoms with Gasteiger partial charge >= 0.3 is 0 Å². The van der Waals surface area contributed by atoms with Crippen LogP contribution in [0.3, 0.4) is 0 Å². The number of aliphatic hydroxyl groups excluding tert-OH is 1. The molecule has 5 nitrogen and oxygen atoms in total. The van der Waals surface area contributed by atoms with E-state index >= 15 is 0 Å². The number of benzene rings is 1. The Morgan fingerprint density at radius 2 is 2.12 bits per heavy atom. The number of hydrogen-bond donors (Lipinski definition) is 1. The van der Waals surface area contributed by atoms with Gasteiger partial charge in [-0.05, 0) is 42.1 Å². The summed E-state index contributed by atoms with van der Waals surface area (Å²) < 4.78 is 5.16. The van der Waals surface area contributed by atoms with Crippen LogP contribution < -0.4 is 9.64 Å². The van der Waals surface area contributed by atoms with E-state index in [2.05, 4.69) is 0 Å². The number of Topliss-reactive ketones (excluding diaryl/α,β-unsaturated/α-hetero) is 1. The van der Waals surface area contributed by atoms with Gasteiger partial charge in [-0.15, -0.1) is 11.3 Å². The van der Waals surface area contributed by atoms with Gasteiger partial charge in [0.1, 0.15) is 11.8 Å². The predicted octanol–water partition coefficient (Wildman–Crippen LogP) is 4.60. The van der Waals surface area contributed by atoms with Crippen molar-refractivity contribution in [1.82, 2.24) is 0 Å². The largest absolute Gasteiger partial charge is 0.503 e. The van der Waals surface area contributed by atoms with Crippen molar-refractivity contribution in [3.63, 3.8) is 0 Å². The monoisotopic (exact) mass is 391 g/mol. The maximum atomic E-state index is 12.8. The number of aryl methyl sites for hydroxylation is 1. The lowest BCUT2D eigenvalue weighted by atomic mass is 9.98. The van der Waals surface area contributed by atoms with Crippen molar-refractivity contribution < 1.29 is 19.4 Å². The molecule has 1 aromatic heterocycles. The number of anilines is 1. The molecule has 2 heterocycles. The molecule has 1 aliphatic heterocycles. The Labute approximate surface area is 160 Å². The summed E-state index contributed by atoms with van der Waals surface area (Å²) in [6.07, 6.45) is 0.199. The topological polar surface area (TPSA) is 66.8 Å². The number of thiophene rings is 1. The second-order valence-corrected chi connectivity index (χ2v) is 7.26. The number of ether oxygens (including phenoxy) is 1. The van der Waals surface area contributed by atoms with Crippen molar-refractivity contribution in [2.24, 2.45) is 0 Å². The summed E-state index contributed by atoms with van der Waals surface area (Å²) in [5, 5.41) is 12.7. The van der Waals surface area contributed by atoms with Crippen LogP contribution in [-0.4, -0.2) is 23.9 Å². The summed E-state index contributed by atoms with van der Waals surface area (Å²) in [4.78, 5) is 27.6. The van der Waals surface area contributed by atoms with Gasteiger partial charge in [-0.3, -0.25) is 14.5 Å². The van der Waals surface area contributed by atoms with E-state index in [1.165, 1.54) is 23.3 Å². The summed E-state index contributed by atoms with van der Waals surface area (Å²) in [6, 6.07) is 6.19. The molecular formula is C19H18ClNO4S. The molecule has 0 saturated heterocycles. The molecule has 2 aromatic rings. The fourth-order valence-corrected chi connectivity index (χ4v) is 4.34. The Hall–Kier alpha value is -2.31. The highest BCUT2D eigenvalue weighted by atomic mass is 35.5. The summed E-state index contributed by atoms with van der Waals surface area (Å²) >= 11 is 7.66.